The standard InChI is InChI=1S/3C19H20N3.3C3H8N2.2C2H4O2.7ClH.4NO3.2H2O.3Pt/c3*1-14(20)22(2)13-7-10-15-16-8-3-5-11-18(16)21-19-12-6-4-9-17(15)19;3*4-2-1-3-5;2*1-2(3)4;;;;;;;;4*2-1(3)4;;;;;/h3*3-6,8-9,11-12H,7,10,13H2,1-2H3;3*4-5H,1-3H2;2*1H3,(H,3,4);7*1H;;;;;2*1H2;;;/q3*-1;3*-2;;;;;;;;;;4*-1;;;2*+1;+3/p-7. The van der Waals surface area contributed by atoms with Gasteiger partial charge in [-0.25, -0.2) is 15.0 Å². The summed E-state index contributed by atoms with van der Waals surface area (Å²) in [6.45, 7) is 12.3. The fourth-order valence-corrected chi connectivity index (χ4v) is 8.82. The number of carboxylic acid groups (broad SMARTS) is 2. The van der Waals surface area contributed by atoms with E-state index in [1.807, 2.05) is 72.2 Å². The SMILES string of the molecule is CC(=O)O.CC(=O)O.CC(=[N-])N(C)CCCc1c2ccccc2nc2ccccc12.CC(=[N-])N(C)CCCc1c2ccccc2nc2ccccc12.CC(=[N-])N(C)CCCc1c2ccccc2nc2ccccc12.O.O.O=[N+]([O-])[O-].O=[N+]([O-])[O-].O=[N+]([O-])[O-].O=[N+]([O-])[O-].[Cl-].[Cl-].[Cl][Pt].[Cl][Pt].[Cl][Pt]([Cl])[Cl].[NH-]CCC[NH-].[NH-]CCC[NH-].[NH-]CCC[NH-]. The molecule has 47 heteroatoms. The number of amidine groups is 3. The minimum Gasteiger partial charge on any atom is -0.677 e. The summed E-state index contributed by atoms with van der Waals surface area (Å²) in [5, 5.41) is 110. The van der Waals surface area contributed by atoms with Crippen molar-refractivity contribution in [2.24, 2.45) is 0 Å². The van der Waals surface area contributed by atoms with Crippen LogP contribution in [0.15, 0.2) is 146 Å². The Bertz CT molecular complexity index is 3530. The van der Waals surface area contributed by atoms with Crippen LogP contribution in [0.4, 0.5) is 0 Å². The van der Waals surface area contributed by atoms with E-state index in [0.29, 0.717) is 56.8 Å². The van der Waals surface area contributed by atoms with Gasteiger partial charge in [-0.1, -0.05) is 187 Å². The molecule has 0 aliphatic rings. The Balaban J connectivity index is -0.000000143. The second-order valence-corrected chi connectivity index (χ2v) is 31.6. The predicted molar refractivity (Wildman–Crippen MR) is 456 cm³/mol. The van der Waals surface area contributed by atoms with E-state index in [0.717, 1.165) is 124 Å². The number of pyridine rings is 3. The second kappa shape index (κ2) is 84.7. The Hall–Kier alpha value is -7.75. The van der Waals surface area contributed by atoms with Gasteiger partial charge in [-0.15, -0.1) is 0 Å². The molecule has 9 rings (SSSR count). The molecule has 0 saturated heterocycles. The van der Waals surface area contributed by atoms with Gasteiger partial charge in [-0.05, 0) is 112 Å². The average Bonchev–Trinajstić information content (AvgIpc) is 0.795. The molecule has 0 atom stereocenters. The number of halogens is 7. The second-order valence-electron chi connectivity index (χ2n) is 21.7. The molecule has 0 aliphatic heterocycles. The first kappa shape index (κ1) is 130. The third-order valence-electron chi connectivity index (χ3n) is 13.6. The van der Waals surface area contributed by atoms with Gasteiger partial charge in [0.2, 0.25) is 0 Å². The third-order valence-corrected chi connectivity index (χ3v) is 13.6. The van der Waals surface area contributed by atoms with Crippen molar-refractivity contribution < 1.29 is 128 Å². The molecule has 6 aromatic carbocycles. The Kier molecular flexibility index (Phi) is 94.1. The van der Waals surface area contributed by atoms with Crippen molar-refractivity contribution in [3.63, 3.8) is 0 Å². The number of carbonyl (C=O) groups is 2. The molecule has 0 unspecified atom stereocenters. The number of benzene rings is 6. The molecule has 0 fully saturated rings. The molecule has 673 valence electrons. The normalized spacial score (nSPS) is 9.03. The number of nitrogens with one attached hydrogen (secondary N) is 6. The van der Waals surface area contributed by atoms with Crippen LogP contribution in [-0.2, 0) is 80.6 Å². The van der Waals surface area contributed by atoms with Crippen LogP contribution >= 0.6 is 47.1 Å². The van der Waals surface area contributed by atoms with Gasteiger partial charge in [-0.2, -0.15) is 39.3 Å². The zero-order chi connectivity index (χ0) is 88.0. The topological polar surface area (TPSA) is 660 Å². The van der Waals surface area contributed by atoms with E-state index in [4.69, 9.17) is 159 Å². The maximum atomic E-state index is 9.49. The van der Waals surface area contributed by atoms with Crippen LogP contribution < -0.4 is 24.8 Å². The van der Waals surface area contributed by atoms with Crippen molar-refractivity contribution in [2.75, 3.05) is 80.0 Å². The molecule has 0 saturated carbocycles. The van der Waals surface area contributed by atoms with Gasteiger partial charge in [0.15, 0.2) is 0 Å². The molecule has 0 aliphatic carbocycles. The summed E-state index contributed by atoms with van der Waals surface area (Å²) in [6, 6.07) is 50.0. The third kappa shape index (κ3) is 72.0. The summed E-state index contributed by atoms with van der Waals surface area (Å²) in [5.74, 6) is -0.571. The van der Waals surface area contributed by atoms with Crippen LogP contribution in [0.5, 0.6) is 0 Å². The Labute approximate surface area is 739 Å². The van der Waals surface area contributed by atoms with Crippen LogP contribution in [0.2, 0.25) is 0 Å². The van der Waals surface area contributed by atoms with E-state index in [-0.39, 0.29) is 35.8 Å². The van der Waals surface area contributed by atoms with Crippen molar-refractivity contribution in [1.29, 1.82) is 0 Å². The van der Waals surface area contributed by atoms with Crippen LogP contribution in [0, 0.1) is 61.3 Å². The fourth-order valence-electron chi connectivity index (χ4n) is 8.82. The van der Waals surface area contributed by atoms with E-state index >= 15 is 0 Å². The van der Waals surface area contributed by atoms with Crippen molar-refractivity contribution in [1.82, 2.24) is 29.7 Å². The number of aromatic nitrogens is 3. The van der Waals surface area contributed by atoms with Crippen LogP contribution in [-0.4, -0.2) is 181 Å². The molecular formula is C70H96Cl7N19O18Pt3-15. The van der Waals surface area contributed by atoms with Crippen LogP contribution in [0.1, 0.15) is 89.8 Å². The number of aryl methyl sites for hydroxylation is 3. The van der Waals surface area contributed by atoms with E-state index in [9.17, 15) is 16.2 Å². The van der Waals surface area contributed by atoms with E-state index in [2.05, 4.69) is 128 Å². The minimum atomic E-state index is -1.85. The van der Waals surface area contributed by atoms with Crippen LogP contribution in [0.3, 0.4) is 0 Å². The first-order chi connectivity index (χ1) is 53.4. The monoisotopic (exact) mass is 2320 g/mol. The summed E-state index contributed by atoms with van der Waals surface area (Å²) >= 11 is 1.37. The van der Waals surface area contributed by atoms with Gasteiger partial charge in [-0.3, -0.25) is 9.59 Å². The molecule has 0 amide bonds. The Morgan fingerprint density at radius 2 is 0.487 bits per heavy atom. The Morgan fingerprint density at radius 1 is 0.368 bits per heavy atom. The maximum absolute atomic E-state index is 9.49. The van der Waals surface area contributed by atoms with Crippen molar-refractivity contribution in [2.45, 2.75) is 92.4 Å². The largest absolute Gasteiger partial charge is 0.677 e. The number of hydrogen-bond donors (Lipinski definition) is 2. The van der Waals surface area contributed by atoms with Crippen molar-refractivity contribution in [3.05, 3.63) is 274 Å². The number of nitrogens with zero attached hydrogens (tertiary/aromatic N) is 13. The number of para-hydroxylation sites is 6. The number of carboxylic acids is 2. The minimum absolute atomic E-state index is 0. The number of hydrogen-bond acceptors (Lipinski definition) is 17. The smallest absolute Gasteiger partial charge is 0.0916 e. The predicted octanol–water partition coefficient (Wildman–Crippen LogP) is 12.2. The van der Waals surface area contributed by atoms with Gasteiger partial charge in [0.05, 0.1) is 53.4 Å². The number of rotatable bonds is 18. The summed E-state index contributed by atoms with van der Waals surface area (Å²) in [4.78, 5) is 70.9. The maximum Gasteiger partial charge on any atom is -0.0916 e. The molecule has 0 bridgehead atoms. The molecule has 9 aromatic rings. The molecule has 3 aromatic heterocycles. The van der Waals surface area contributed by atoms with E-state index in [1.165, 1.54) is 49.0 Å². The van der Waals surface area contributed by atoms with E-state index in [1.54, 1.807) is 58.3 Å². The molecular weight excluding hydrogens is 2230 g/mol. The van der Waals surface area contributed by atoms with E-state index < -0.39 is 46.5 Å². The van der Waals surface area contributed by atoms with Gasteiger partial charge in [0.1, 0.15) is 0 Å². The van der Waals surface area contributed by atoms with Gasteiger partial charge >= 0.3 is 98.8 Å². The summed E-state index contributed by atoms with van der Waals surface area (Å²) < 4.78 is 0. The summed E-state index contributed by atoms with van der Waals surface area (Å²) in [5.41, 5.74) is 49.3. The Morgan fingerprint density at radius 3 is 0.590 bits per heavy atom. The molecule has 117 heavy (non-hydrogen) atoms. The molecule has 3 heterocycles. The number of fused-ring (bicyclic) bond motifs is 6. The summed E-state index contributed by atoms with van der Waals surface area (Å²) in [7, 11) is 29.9. The first-order valence-corrected chi connectivity index (χ1v) is 46.8. The molecule has 0 spiro atoms. The average molecular weight is 2330 g/mol. The molecule has 37 nitrogen and oxygen atoms in total. The first-order valence-electron chi connectivity index (χ1n) is 32.8. The van der Waals surface area contributed by atoms with Crippen molar-refractivity contribution >= 4 is 142 Å². The zero-order valence-electron chi connectivity index (χ0n) is 64.6. The zero-order valence-corrected chi connectivity index (χ0v) is 76.7. The van der Waals surface area contributed by atoms with Crippen molar-refractivity contribution in [3.8, 4) is 0 Å². The van der Waals surface area contributed by atoms with Gasteiger partial charge < -0.3 is 173 Å². The quantitative estimate of drug-likeness (QED) is 0.0265. The number of aliphatic carboxylic acids is 2. The molecule has 0 radical (unpaired) electrons. The van der Waals surface area contributed by atoms with Gasteiger partial charge in [0.25, 0.3) is 11.9 Å². The fraction of sp³-hybridized carbons (Fsp3) is 0.371. The molecule has 12 N–H and O–H groups in total. The van der Waals surface area contributed by atoms with Gasteiger partial charge in [0, 0.05) is 46.2 Å². The van der Waals surface area contributed by atoms with Crippen LogP contribution in [0.25, 0.3) is 116 Å². The summed E-state index contributed by atoms with van der Waals surface area (Å²) in [6.07, 6.45) is 8.06.